The van der Waals surface area contributed by atoms with Gasteiger partial charge in [0.2, 0.25) is 0 Å². The van der Waals surface area contributed by atoms with E-state index in [2.05, 4.69) is 19.1 Å². The second-order valence-corrected chi connectivity index (χ2v) is 3.42. The lowest BCUT2D eigenvalue weighted by Crippen LogP contribution is -1.88. The van der Waals surface area contributed by atoms with Gasteiger partial charge >= 0.3 is 0 Å². The van der Waals surface area contributed by atoms with E-state index >= 15 is 0 Å². The van der Waals surface area contributed by atoms with Crippen LogP contribution in [0.1, 0.15) is 36.0 Å². The Morgan fingerprint density at radius 2 is 2.33 bits per heavy atom. The lowest BCUT2D eigenvalue weighted by molar-refractivity contribution is 0.747. The molecule has 1 aromatic carbocycles. The molecule has 2 rings (SSSR count). The fourth-order valence-electron chi connectivity index (χ4n) is 1.97. The third kappa shape index (κ3) is 0.921. The molecule has 0 spiro atoms. The molecule has 0 amide bonds. The van der Waals surface area contributed by atoms with Crippen LogP contribution in [-0.2, 0) is 6.42 Å². The first kappa shape index (κ1) is 7.36. The van der Waals surface area contributed by atoms with E-state index in [-0.39, 0.29) is 0 Å². The Hall–Kier alpha value is -1.29. The highest BCUT2D eigenvalue weighted by molar-refractivity contribution is 5.46. The summed E-state index contributed by atoms with van der Waals surface area (Å²) in [6, 6.07) is 8.29. The maximum absolute atomic E-state index is 8.84. The molecule has 12 heavy (non-hydrogen) atoms. The molecule has 1 heteroatoms. The lowest BCUT2D eigenvalue weighted by Gasteiger charge is -2.03. The van der Waals surface area contributed by atoms with E-state index in [1.807, 2.05) is 12.1 Å². The normalized spacial score (nSPS) is 20.2. The number of nitrogens with zero attached hydrogens (tertiary/aromatic N) is 1. The van der Waals surface area contributed by atoms with Gasteiger partial charge in [-0.3, -0.25) is 0 Å². The standard InChI is InChI=1S/C11H11N/c1-8-5-6-11-9(7-12)3-2-4-10(8)11/h2-4,8H,5-6H2,1H3/t8-/m0/s1. The zero-order chi connectivity index (χ0) is 8.55. The molecule has 0 aliphatic heterocycles. The predicted octanol–water partition coefficient (Wildman–Crippen LogP) is 2.61. The minimum Gasteiger partial charge on any atom is -0.192 e. The van der Waals surface area contributed by atoms with Crippen LogP contribution in [-0.4, -0.2) is 0 Å². The van der Waals surface area contributed by atoms with Gasteiger partial charge in [-0.1, -0.05) is 19.1 Å². The Balaban J connectivity index is 2.60. The van der Waals surface area contributed by atoms with Crippen molar-refractivity contribution in [2.24, 2.45) is 0 Å². The van der Waals surface area contributed by atoms with Gasteiger partial charge in [0.1, 0.15) is 0 Å². The molecule has 0 heterocycles. The summed E-state index contributed by atoms with van der Waals surface area (Å²) in [5.74, 6) is 0.647. The van der Waals surface area contributed by atoms with Crippen molar-refractivity contribution in [2.75, 3.05) is 0 Å². The molecule has 1 aliphatic rings. The van der Waals surface area contributed by atoms with E-state index in [9.17, 15) is 0 Å². The highest BCUT2D eigenvalue weighted by atomic mass is 14.3. The maximum Gasteiger partial charge on any atom is 0.0994 e. The Morgan fingerprint density at radius 3 is 3.08 bits per heavy atom. The zero-order valence-electron chi connectivity index (χ0n) is 7.17. The van der Waals surface area contributed by atoms with Crippen LogP contribution in [0.4, 0.5) is 0 Å². The van der Waals surface area contributed by atoms with Gasteiger partial charge in [-0.15, -0.1) is 0 Å². The Morgan fingerprint density at radius 1 is 1.50 bits per heavy atom. The second kappa shape index (κ2) is 2.64. The van der Waals surface area contributed by atoms with Crippen LogP contribution in [0.3, 0.4) is 0 Å². The van der Waals surface area contributed by atoms with Crippen LogP contribution in [0.5, 0.6) is 0 Å². The van der Waals surface area contributed by atoms with Crippen LogP contribution in [0.25, 0.3) is 0 Å². The first-order chi connectivity index (χ1) is 5.83. The van der Waals surface area contributed by atoms with E-state index in [1.54, 1.807) is 0 Å². The predicted molar refractivity (Wildman–Crippen MR) is 47.9 cm³/mol. The van der Waals surface area contributed by atoms with E-state index in [0.29, 0.717) is 5.92 Å². The molecule has 0 saturated carbocycles. The Labute approximate surface area is 72.6 Å². The summed E-state index contributed by atoms with van der Waals surface area (Å²) in [7, 11) is 0. The molecule has 0 fully saturated rings. The van der Waals surface area contributed by atoms with Gasteiger partial charge in [0, 0.05) is 0 Å². The second-order valence-electron chi connectivity index (χ2n) is 3.42. The fraction of sp³-hybridized carbons (Fsp3) is 0.364. The molecule has 1 aliphatic carbocycles. The van der Waals surface area contributed by atoms with Crippen molar-refractivity contribution < 1.29 is 0 Å². The van der Waals surface area contributed by atoms with Gasteiger partial charge in [0.25, 0.3) is 0 Å². The van der Waals surface area contributed by atoms with Gasteiger partial charge < -0.3 is 0 Å². The van der Waals surface area contributed by atoms with Crippen LogP contribution in [0.15, 0.2) is 18.2 Å². The van der Waals surface area contributed by atoms with Crippen molar-refractivity contribution in [2.45, 2.75) is 25.7 Å². The van der Waals surface area contributed by atoms with Gasteiger partial charge in [0.05, 0.1) is 11.6 Å². The summed E-state index contributed by atoms with van der Waals surface area (Å²) in [6.45, 7) is 2.23. The van der Waals surface area contributed by atoms with E-state index in [1.165, 1.54) is 17.5 Å². The molecule has 0 aromatic heterocycles. The van der Waals surface area contributed by atoms with Crippen molar-refractivity contribution in [1.82, 2.24) is 0 Å². The average Bonchev–Trinajstić information content (AvgIpc) is 2.48. The highest BCUT2D eigenvalue weighted by Gasteiger charge is 2.20. The van der Waals surface area contributed by atoms with E-state index in [4.69, 9.17) is 5.26 Å². The quantitative estimate of drug-likeness (QED) is 0.568. The van der Waals surface area contributed by atoms with Crippen LogP contribution >= 0.6 is 0 Å². The molecule has 0 saturated heterocycles. The monoisotopic (exact) mass is 157 g/mol. The molecular formula is C11H11N. The van der Waals surface area contributed by atoms with Crippen LogP contribution in [0, 0.1) is 11.3 Å². The van der Waals surface area contributed by atoms with Crippen molar-refractivity contribution in [1.29, 1.82) is 5.26 Å². The Bertz CT molecular complexity index is 347. The molecule has 60 valence electrons. The average molecular weight is 157 g/mol. The van der Waals surface area contributed by atoms with Crippen molar-refractivity contribution >= 4 is 0 Å². The third-order valence-corrected chi connectivity index (χ3v) is 2.69. The molecule has 1 aromatic rings. The SMILES string of the molecule is C[C@H]1CCc2c(C#N)cccc21. The third-order valence-electron chi connectivity index (χ3n) is 2.69. The van der Waals surface area contributed by atoms with Crippen molar-refractivity contribution in [3.63, 3.8) is 0 Å². The summed E-state index contributed by atoms with van der Waals surface area (Å²) < 4.78 is 0. The smallest absolute Gasteiger partial charge is 0.0994 e. The minimum atomic E-state index is 0.647. The highest BCUT2D eigenvalue weighted by Crippen LogP contribution is 2.33. The molecule has 0 bridgehead atoms. The first-order valence-corrected chi connectivity index (χ1v) is 4.35. The molecular weight excluding hydrogens is 146 g/mol. The Kier molecular flexibility index (Phi) is 1.62. The van der Waals surface area contributed by atoms with E-state index in [0.717, 1.165) is 12.0 Å². The molecule has 1 nitrogen and oxygen atoms in total. The summed E-state index contributed by atoms with van der Waals surface area (Å²) in [4.78, 5) is 0. The molecule has 0 radical (unpaired) electrons. The number of hydrogen-bond acceptors (Lipinski definition) is 1. The lowest BCUT2D eigenvalue weighted by atomic mass is 10.0. The number of benzene rings is 1. The topological polar surface area (TPSA) is 23.8 Å². The number of hydrogen-bond donors (Lipinski definition) is 0. The largest absolute Gasteiger partial charge is 0.192 e. The maximum atomic E-state index is 8.84. The van der Waals surface area contributed by atoms with Gasteiger partial charge in [-0.2, -0.15) is 5.26 Å². The molecule has 1 atom stereocenters. The van der Waals surface area contributed by atoms with Crippen LogP contribution < -0.4 is 0 Å². The first-order valence-electron chi connectivity index (χ1n) is 4.35. The summed E-state index contributed by atoms with van der Waals surface area (Å²) >= 11 is 0. The fourth-order valence-corrected chi connectivity index (χ4v) is 1.97. The van der Waals surface area contributed by atoms with Crippen molar-refractivity contribution in [3.05, 3.63) is 34.9 Å². The number of rotatable bonds is 0. The summed E-state index contributed by atoms with van der Waals surface area (Å²) in [6.07, 6.45) is 2.29. The summed E-state index contributed by atoms with van der Waals surface area (Å²) in [5.41, 5.74) is 3.54. The zero-order valence-corrected chi connectivity index (χ0v) is 7.17. The van der Waals surface area contributed by atoms with Crippen molar-refractivity contribution in [3.8, 4) is 6.07 Å². The number of fused-ring (bicyclic) bond motifs is 1. The minimum absolute atomic E-state index is 0.647. The van der Waals surface area contributed by atoms with Crippen LogP contribution in [0.2, 0.25) is 0 Å². The summed E-state index contributed by atoms with van der Waals surface area (Å²) in [5, 5.41) is 8.84. The molecule has 0 N–H and O–H groups in total. The van der Waals surface area contributed by atoms with Gasteiger partial charge in [-0.05, 0) is 36.0 Å². The van der Waals surface area contributed by atoms with E-state index < -0.39 is 0 Å². The van der Waals surface area contributed by atoms with Gasteiger partial charge in [0.15, 0.2) is 0 Å². The van der Waals surface area contributed by atoms with Gasteiger partial charge in [-0.25, -0.2) is 0 Å². The number of nitriles is 1. The molecule has 0 unspecified atom stereocenters.